The average Bonchev–Trinajstić information content (AvgIpc) is 2.70. The molecule has 1 saturated heterocycles. The summed E-state index contributed by atoms with van der Waals surface area (Å²) in [5, 5.41) is 5.43. The van der Waals surface area contributed by atoms with E-state index in [1.807, 2.05) is 6.07 Å². The molecule has 1 atom stereocenters. The van der Waals surface area contributed by atoms with E-state index in [2.05, 4.69) is 36.4 Å². The number of anilines is 2. The van der Waals surface area contributed by atoms with Gasteiger partial charge in [-0.3, -0.25) is 9.59 Å². The molecule has 3 rings (SSSR count). The standard InChI is InChI=1S/C20H22BrFN4O2/c21-15-7-8-18(23-12-15)25-20(28)14-4-3-10-26(13-14)11-9-19(27)24-17-6-2-1-5-16(17)22/h1-2,5-8,12,14H,3-4,9-11,13H2,(H,24,27)(H,23,25,28). The molecular formula is C20H22BrFN4O2. The molecule has 8 heteroatoms. The van der Waals surface area contributed by atoms with E-state index in [0.717, 1.165) is 23.9 Å². The lowest BCUT2D eigenvalue weighted by Crippen LogP contribution is -2.41. The fraction of sp³-hybridized carbons (Fsp3) is 0.350. The maximum absolute atomic E-state index is 13.6. The van der Waals surface area contributed by atoms with Gasteiger partial charge in [-0.2, -0.15) is 0 Å². The number of benzene rings is 1. The number of halogens is 2. The van der Waals surface area contributed by atoms with Gasteiger partial charge in [-0.15, -0.1) is 0 Å². The summed E-state index contributed by atoms with van der Waals surface area (Å²) in [5.74, 6) is -0.374. The van der Waals surface area contributed by atoms with E-state index in [-0.39, 0.29) is 29.8 Å². The van der Waals surface area contributed by atoms with Crippen molar-refractivity contribution in [1.82, 2.24) is 9.88 Å². The van der Waals surface area contributed by atoms with Gasteiger partial charge in [0.25, 0.3) is 0 Å². The Balaban J connectivity index is 1.46. The lowest BCUT2D eigenvalue weighted by atomic mass is 9.97. The Bertz CT molecular complexity index is 831. The first-order valence-corrected chi connectivity index (χ1v) is 10.00. The Labute approximate surface area is 171 Å². The van der Waals surface area contributed by atoms with Crippen LogP contribution in [0.15, 0.2) is 47.1 Å². The smallest absolute Gasteiger partial charge is 0.229 e. The first kappa shape index (κ1) is 20.4. The number of pyridine rings is 1. The molecule has 0 saturated carbocycles. The number of rotatable bonds is 6. The summed E-state index contributed by atoms with van der Waals surface area (Å²) in [4.78, 5) is 30.9. The minimum absolute atomic E-state index is 0.0599. The van der Waals surface area contributed by atoms with Crippen LogP contribution >= 0.6 is 15.9 Å². The second-order valence-corrected chi connectivity index (χ2v) is 7.68. The number of para-hydroxylation sites is 1. The normalized spacial score (nSPS) is 17.1. The molecule has 2 aromatic rings. The van der Waals surface area contributed by atoms with Gasteiger partial charge in [0.05, 0.1) is 11.6 Å². The number of nitrogens with one attached hydrogen (secondary N) is 2. The highest BCUT2D eigenvalue weighted by molar-refractivity contribution is 9.10. The predicted molar refractivity (Wildman–Crippen MR) is 109 cm³/mol. The maximum Gasteiger partial charge on any atom is 0.229 e. The van der Waals surface area contributed by atoms with E-state index in [1.54, 1.807) is 24.4 Å². The number of likely N-dealkylation sites (tertiary alicyclic amines) is 1. The van der Waals surface area contributed by atoms with E-state index in [4.69, 9.17) is 0 Å². The molecule has 2 N–H and O–H groups in total. The Hall–Kier alpha value is -2.32. The van der Waals surface area contributed by atoms with Crippen LogP contribution in [0.1, 0.15) is 19.3 Å². The van der Waals surface area contributed by atoms with Gasteiger partial charge in [0.15, 0.2) is 0 Å². The van der Waals surface area contributed by atoms with Crippen LogP contribution in [0.25, 0.3) is 0 Å². The van der Waals surface area contributed by atoms with Crippen molar-refractivity contribution in [3.8, 4) is 0 Å². The van der Waals surface area contributed by atoms with Crippen LogP contribution in [-0.2, 0) is 9.59 Å². The zero-order chi connectivity index (χ0) is 19.9. The van der Waals surface area contributed by atoms with Gasteiger partial charge in [-0.25, -0.2) is 9.37 Å². The molecule has 2 amide bonds. The molecule has 1 fully saturated rings. The highest BCUT2D eigenvalue weighted by Gasteiger charge is 2.26. The number of carbonyl (C=O) groups is 2. The molecule has 1 aliphatic rings. The number of carbonyl (C=O) groups excluding carboxylic acids is 2. The van der Waals surface area contributed by atoms with Crippen molar-refractivity contribution >= 4 is 39.2 Å². The number of hydrogen-bond acceptors (Lipinski definition) is 4. The lowest BCUT2D eigenvalue weighted by Gasteiger charge is -2.31. The molecule has 6 nitrogen and oxygen atoms in total. The fourth-order valence-corrected chi connectivity index (χ4v) is 3.42. The van der Waals surface area contributed by atoms with Gasteiger partial charge in [-0.1, -0.05) is 12.1 Å². The van der Waals surface area contributed by atoms with Gasteiger partial charge >= 0.3 is 0 Å². The molecule has 0 aliphatic carbocycles. The third-order valence-electron chi connectivity index (χ3n) is 4.66. The molecular weight excluding hydrogens is 427 g/mol. The predicted octanol–water partition coefficient (Wildman–Crippen LogP) is 3.66. The summed E-state index contributed by atoms with van der Waals surface area (Å²) < 4.78 is 14.5. The topological polar surface area (TPSA) is 74.3 Å². The van der Waals surface area contributed by atoms with Crippen molar-refractivity contribution < 1.29 is 14.0 Å². The molecule has 1 aliphatic heterocycles. The second-order valence-electron chi connectivity index (χ2n) is 6.77. The molecule has 2 heterocycles. The molecule has 1 aromatic carbocycles. The summed E-state index contributed by atoms with van der Waals surface area (Å²) in [6, 6.07) is 9.66. The number of piperidine rings is 1. The Kier molecular flexibility index (Phi) is 7.11. The summed E-state index contributed by atoms with van der Waals surface area (Å²) in [6.07, 6.45) is 3.58. The first-order chi connectivity index (χ1) is 13.5. The monoisotopic (exact) mass is 448 g/mol. The molecule has 1 unspecified atom stereocenters. The van der Waals surface area contributed by atoms with Crippen LogP contribution in [0.3, 0.4) is 0 Å². The number of nitrogens with zero attached hydrogens (tertiary/aromatic N) is 2. The highest BCUT2D eigenvalue weighted by atomic mass is 79.9. The van der Waals surface area contributed by atoms with Crippen LogP contribution in [-0.4, -0.2) is 41.3 Å². The number of amides is 2. The largest absolute Gasteiger partial charge is 0.324 e. The lowest BCUT2D eigenvalue weighted by molar-refractivity contribution is -0.121. The average molecular weight is 449 g/mol. The van der Waals surface area contributed by atoms with E-state index >= 15 is 0 Å². The van der Waals surface area contributed by atoms with E-state index in [9.17, 15) is 14.0 Å². The molecule has 28 heavy (non-hydrogen) atoms. The summed E-state index contributed by atoms with van der Waals surface area (Å²) in [6.45, 7) is 1.96. The molecule has 1 aromatic heterocycles. The quantitative estimate of drug-likeness (QED) is 0.706. The SMILES string of the molecule is O=C(CCN1CCCC(C(=O)Nc2ccc(Br)cn2)C1)Nc1ccccc1F. The van der Waals surface area contributed by atoms with E-state index < -0.39 is 5.82 Å². The van der Waals surface area contributed by atoms with E-state index in [0.29, 0.717) is 18.9 Å². The van der Waals surface area contributed by atoms with Gasteiger partial charge < -0.3 is 15.5 Å². The van der Waals surface area contributed by atoms with Crippen LogP contribution in [0.4, 0.5) is 15.9 Å². The van der Waals surface area contributed by atoms with Gasteiger partial charge in [0.1, 0.15) is 11.6 Å². The Morgan fingerprint density at radius 1 is 1.21 bits per heavy atom. The molecule has 0 spiro atoms. The highest BCUT2D eigenvalue weighted by Crippen LogP contribution is 2.19. The van der Waals surface area contributed by atoms with Gasteiger partial charge in [-0.05, 0) is 59.6 Å². The minimum Gasteiger partial charge on any atom is -0.324 e. The zero-order valence-corrected chi connectivity index (χ0v) is 16.9. The maximum atomic E-state index is 13.6. The van der Waals surface area contributed by atoms with Gasteiger partial charge in [0.2, 0.25) is 11.8 Å². The number of hydrogen-bond donors (Lipinski definition) is 2. The van der Waals surface area contributed by atoms with Crippen molar-refractivity contribution in [1.29, 1.82) is 0 Å². The first-order valence-electron chi connectivity index (χ1n) is 9.20. The zero-order valence-electron chi connectivity index (χ0n) is 15.3. The van der Waals surface area contributed by atoms with Crippen molar-refractivity contribution in [3.05, 3.63) is 52.9 Å². The summed E-state index contributed by atoms with van der Waals surface area (Å²) in [5.41, 5.74) is 0.186. The summed E-state index contributed by atoms with van der Waals surface area (Å²) in [7, 11) is 0. The minimum atomic E-state index is -0.452. The van der Waals surface area contributed by atoms with E-state index in [1.165, 1.54) is 12.1 Å². The molecule has 0 bridgehead atoms. The Morgan fingerprint density at radius 3 is 2.79 bits per heavy atom. The fourth-order valence-electron chi connectivity index (χ4n) is 3.19. The van der Waals surface area contributed by atoms with Gasteiger partial charge in [0, 0.05) is 30.2 Å². The van der Waals surface area contributed by atoms with Crippen LogP contribution in [0.5, 0.6) is 0 Å². The van der Waals surface area contributed by atoms with Crippen LogP contribution in [0.2, 0.25) is 0 Å². The second kappa shape index (κ2) is 9.75. The molecule has 0 radical (unpaired) electrons. The van der Waals surface area contributed by atoms with Crippen molar-refractivity contribution in [2.75, 3.05) is 30.3 Å². The van der Waals surface area contributed by atoms with Crippen LogP contribution in [0, 0.1) is 11.7 Å². The Morgan fingerprint density at radius 2 is 2.04 bits per heavy atom. The third kappa shape index (κ3) is 5.84. The number of aromatic nitrogens is 1. The third-order valence-corrected chi connectivity index (χ3v) is 5.13. The summed E-state index contributed by atoms with van der Waals surface area (Å²) >= 11 is 3.31. The van der Waals surface area contributed by atoms with Crippen molar-refractivity contribution in [2.45, 2.75) is 19.3 Å². The van der Waals surface area contributed by atoms with Crippen molar-refractivity contribution in [3.63, 3.8) is 0 Å². The van der Waals surface area contributed by atoms with Crippen LogP contribution < -0.4 is 10.6 Å². The van der Waals surface area contributed by atoms with Crippen molar-refractivity contribution in [2.24, 2.45) is 5.92 Å². The molecule has 148 valence electrons.